The highest BCUT2D eigenvalue weighted by molar-refractivity contribution is 5.00. The van der Waals surface area contributed by atoms with Gasteiger partial charge in [-0.05, 0) is 56.9 Å². The third kappa shape index (κ3) is 2.94. The van der Waals surface area contributed by atoms with Gasteiger partial charge in [0.05, 0.1) is 17.8 Å². The first-order valence-electron chi connectivity index (χ1n) is 7.55. The smallest absolute Gasteiger partial charge is 0.0624 e. The van der Waals surface area contributed by atoms with E-state index in [0.717, 1.165) is 19.3 Å². The summed E-state index contributed by atoms with van der Waals surface area (Å²) in [5, 5.41) is 14.5. The Hall–Kier alpha value is -0.830. The van der Waals surface area contributed by atoms with Crippen molar-refractivity contribution >= 4 is 0 Å². The molecule has 1 aromatic heterocycles. The number of nitrogens with zero attached hydrogens (tertiary/aromatic N) is 2. The zero-order chi connectivity index (χ0) is 12.4. The van der Waals surface area contributed by atoms with Gasteiger partial charge in [0.15, 0.2) is 0 Å². The first-order chi connectivity index (χ1) is 8.83. The van der Waals surface area contributed by atoms with E-state index in [0.29, 0.717) is 12.0 Å². The van der Waals surface area contributed by atoms with Gasteiger partial charge in [-0.15, -0.1) is 0 Å². The van der Waals surface area contributed by atoms with Crippen molar-refractivity contribution in [2.75, 3.05) is 0 Å². The van der Waals surface area contributed by atoms with Crippen molar-refractivity contribution in [1.82, 2.24) is 9.78 Å². The monoisotopic (exact) mass is 248 g/mol. The number of aryl methyl sites for hydroxylation is 1. The van der Waals surface area contributed by atoms with Crippen LogP contribution in [-0.2, 0) is 6.42 Å². The Balaban J connectivity index is 1.44. The molecular weight excluding hydrogens is 224 g/mol. The normalized spacial score (nSPS) is 22.5. The van der Waals surface area contributed by atoms with E-state index in [1.54, 1.807) is 0 Å². The molecule has 1 unspecified atom stereocenters. The zero-order valence-corrected chi connectivity index (χ0v) is 11.1. The second-order valence-electron chi connectivity index (χ2n) is 6.02. The topological polar surface area (TPSA) is 38.0 Å². The van der Waals surface area contributed by atoms with E-state index in [2.05, 4.69) is 22.0 Å². The second kappa shape index (κ2) is 5.43. The van der Waals surface area contributed by atoms with Gasteiger partial charge in [-0.25, -0.2) is 0 Å². The predicted octanol–water partition coefficient (Wildman–Crippen LogP) is 3.09. The Bertz CT molecular complexity index is 378. The largest absolute Gasteiger partial charge is 0.393 e. The molecule has 3 heteroatoms. The van der Waals surface area contributed by atoms with Crippen LogP contribution in [0.15, 0.2) is 12.3 Å². The Morgan fingerprint density at radius 3 is 2.78 bits per heavy atom. The summed E-state index contributed by atoms with van der Waals surface area (Å²) in [6.07, 6.45) is 12.9. The van der Waals surface area contributed by atoms with Gasteiger partial charge >= 0.3 is 0 Å². The van der Waals surface area contributed by atoms with Crippen LogP contribution in [0.25, 0.3) is 0 Å². The predicted molar refractivity (Wildman–Crippen MR) is 71.4 cm³/mol. The summed E-state index contributed by atoms with van der Waals surface area (Å²) < 4.78 is 2.17. The summed E-state index contributed by atoms with van der Waals surface area (Å²) in [6, 6.07) is 2.80. The number of hydrogen-bond donors (Lipinski definition) is 1. The van der Waals surface area contributed by atoms with Crippen molar-refractivity contribution in [2.45, 2.75) is 69.9 Å². The molecule has 3 rings (SSSR count). The van der Waals surface area contributed by atoms with Crippen LogP contribution in [0.4, 0.5) is 0 Å². The third-order valence-electron chi connectivity index (χ3n) is 4.46. The van der Waals surface area contributed by atoms with Crippen molar-refractivity contribution in [3.05, 3.63) is 18.0 Å². The molecule has 1 heterocycles. The molecule has 0 aliphatic heterocycles. The van der Waals surface area contributed by atoms with Gasteiger partial charge in [0.25, 0.3) is 0 Å². The molecule has 0 aromatic carbocycles. The van der Waals surface area contributed by atoms with Crippen molar-refractivity contribution in [3.63, 3.8) is 0 Å². The lowest BCUT2D eigenvalue weighted by Crippen LogP contribution is -2.09. The van der Waals surface area contributed by atoms with Crippen LogP contribution < -0.4 is 0 Å². The molecule has 2 fully saturated rings. The highest BCUT2D eigenvalue weighted by Gasteiger charge is 2.29. The fourth-order valence-electron chi connectivity index (χ4n) is 3.09. The first-order valence-corrected chi connectivity index (χ1v) is 7.55. The van der Waals surface area contributed by atoms with E-state index in [9.17, 15) is 5.11 Å². The lowest BCUT2D eigenvalue weighted by atomic mass is 10.1. The SMILES string of the molecule is OC(CCCc1ccn(C2CCCC2)n1)C1CC1. The van der Waals surface area contributed by atoms with E-state index < -0.39 is 0 Å². The minimum atomic E-state index is -0.0538. The molecule has 0 radical (unpaired) electrons. The van der Waals surface area contributed by atoms with Crippen LogP contribution in [0, 0.1) is 5.92 Å². The van der Waals surface area contributed by atoms with Crippen molar-refractivity contribution < 1.29 is 5.11 Å². The molecule has 1 aromatic rings. The summed E-state index contributed by atoms with van der Waals surface area (Å²) in [6.45, 7) is 0. The summed E-state index contributed by atoms with van der Waals surface area (Å²) in [5.41, 5.74) is 1.20. The quantitative estimate of drug-likeness (QED) is 0.840. The average Bonchev–Trinajstić information content (AvgIpc) is 2.90. The van der Waals surface area contributed by atoms with Gasteiger partial charge in [-0.3, -0.25) is 4.68 Å². The molecule has 3 nitrogen and oxygen atoms in total. The van der Waals surface area contributed by atoms with Crippen LogP contribution in [0.3, 0.4) is 0 Å². The summed E-state index contributed by atoms with van der Waals surface area (Å²) in [7, 11) is 0. The standard InChI is InChI=1S/C15H24N2O/c18-15(12-8-9-12)7-3-4-13-10-11-17(16-13)14-5-1-2-6-14/h10-12,14-15,18H,1-9H2. The van der Waals surface area contributed by atoms with E-state index in [1.165, 1.54) is 44.2 Å². The first kappa shape index (κ1) is 12.2. The molecule has 0 amide bonds. The van der Waals surface area contributed by atoms with E-state index >= 15 is 0 Å². The minimum Gasteiger partial charge on any atom is -0.393 e. The van der Waals surface area contributed by atoms with E-state index in [1.807, 2.05) is 0 Å². The Morgan fingerprint density at radius 1 is 1.28 bits per heavy atom. The summed E-state index contributed by atoms with van der Waals surface area (Å²) in [4.78, 5) is 0. The molecule has 1 atom stereocenters. The highest BCUT2D eigenvalue weighted by Crippen LogP contribution is 2.34. The van der Waals surface area contributed by atoms with E-state index in [-0.39, 0.29) is 6.10 Å². The average molecular weight is 248 g/mol. The Labute approximate surface area is 109 Å². The maximum Gasteiger partial charge on any atom is 0.0624 e. The fourth-order valence-corrected chi connectivity index (χ4v) is 3.09. The number of rotatable bonds is 6. The van der Waals surface area contributed by atoms with E-state index in [4.69, 9.17) is 0 Å². The second-order valence-corrected chi connectivity index (χ2v) is 6.02. The van der Waals surface area contributed by atoms with Crippen LogP contribution in [0.2, 0.25) is 0 Å². The van der Waals surface area contributed by atoms with Crippen LogP contribution in [0.5, 0.6) is 0 Å². The molecule has 2 aliphatic carbocycles. The zero-order valence-electron chi connectivity index (χ0n) is 11.1. The molecule has 0 saturated heterocycles. The molecule has 1 N–H and O–H groups in total. The molecule has 0 spiro atoms. The Morgan fingerprint density at radius 2 is 2.06 bits per heavy atom. The van der Waals surface area contributed by atoms with Crippen LogP contribution in [-0.4, -0.2) is 21.0 Å². The fraction of sp³-hybridized carbons (Fsp3) is 0.800. The van der Waals surface area contributed by atoms with Gasteiger partial charge in [-0.2, -0.15) is 5.10 Å². The third-order valence-corrected chi connectivity index (χ3v) is 4.46. The van der Waals surface area contributed by atoms with Crippen molar-refractivity contribution in [2.24, 2.45) is 5.92 Å². The molecule has 2 saturated carbocycles. The maximum absolute atomic E-state index is 9.82. The van der Waals surface area contributed by atoms with Crippen molar-refractivity contribution in [3.8, 4) is 0 Å². The maximum atomic E-state index is 9.82. The van der Waals surface area contributed by atoms with Gasteiger partial charge < -0.3 is 5.11 Å². The Kier molecular flexibility index (Phi) is 3.69. The lowest BCUT2D eigenvalue weighted by Gasteiger charge is -2.09. The highest BCUT2D eigenvalue weighted by atomic mass is 16.3. The summed E-state index contributed by atoms with van der Waals surface area (Å²) in [5.74, 6) is 0.612. The van der Waals surface area contributed by atoms with Crippen molar-refractivity contribution in [1.29, 1.82) is 0 Å². The van der Waals surface area contributed by atoms with Gasteiger partial charge in [0.1, 0.15) is 0 Å². The lowest BCUT2D eigenvalue weighted by molar-refractivity contribution is 0.139. The van der Waals surface area contributed by atoms with Crippen LogP contribution in [0.1, 0.15) is 63.1 Å². The summed E-state index contributed by atoms with van der Waals surface area (Å²) >= 11 is 0. The number of aromatic nitrogens is 2. The van der Waals surface area contributed by atoms with Crippen LogP contribution >= 0.6 is 0 Å². The van der Waals surface area contributed by atoms with Gasteiger partial charge in [0.2, 0.25) is 0 Å². The molecule has 2 aliphatic rings. The number of aliphatic hydroxyl groups excluding tert-OH is 1. The number of hydrogen-bond acceptors (Lipinski definition) is 2. The minimum absolute atomic E-state index is 0.0538. The molecule has 18 heavy (non-hydrogen) atoms. The molecular formula is C15H24N2O. The molecule has 100 valence electrons. The van der Waals surface area contributed by atoms with Gasteiger partial charge in [0, 0.05) is 6.20 Å². The number of aliphatic hydroxyl groups is 1. The van der Waals surface area contributed by atoms with Gasteiger partial charge in [-0.1, -0.05) is 12.8 Å². The molecule has 0 bridgehead atoms.